The number of halogens is 1. The van der Waals surface area contributed by atoms with Gasteiger partial charge in [-0.25, -0.2) is 4.98 Å². The first-order valence-corrected chi connectivity index (χ1v) is 6.26. The standard InChI is InChI=1S/C12H14ClN3O/c13-11-4-1-8(5-14-11)10-3-2-9-6-15-12(17)7-16(9)10/h1,4-5,9-10H,2-3,6-7H2,(H,15,17)/t9-,10?/m0/s1. The Balaban J connectivity index is 1.84. The van der Waals surface area contributed by atoms with Crippen molar-refractivity contribution in [3.05, 3.63) is 29.0 Å². The van der Waals surface area contributed by atoms with Crippen molar-refractivity contribution >= 4 is 17.5 Å². The van der Waals surface area contributed by atoms with Crippen molar-refractivity contribution in [1.82, 2.24) is 15.2 Å². The summed E-state index contributed by atoms with van der Waals surface area (Å²) in [4.78, 5) is 17.8. The second-order valence-electron chi connectivity index (χ2n) is 4.64. The van der Waals surface area contributed by atoms with Gasteiger partial charge in [-0.05, 0) is 24.5 Å². The minimum atomic E-state index is 0.120. The van der Waals surface area contributed by atoms with Crippen molar-refractivity contribution < 1.29 is 4.79 Å². The van der Waals surface area contributed by atoms with Crippen LogP contribution < -0.4 is 5.32 Å². The molecule has 1 aromatic heterocycles. The average molecular weight is 252 g/mol. The third-order valence-corrected chi connectivity index (χ3v) is 3.86. The Bertz CT molecular complexity index is 434. The molecule has 5 heteroatoms. The third-order valence-electron chi connectivity index (χ3n) is 3.64. The van der Waals surface area contributed by atoms with Crippen molar-refractivity contribution in [2.45, 2.75) is 24.9 Å². The van der Waals surface area contributed by atoms with Crippen LogP contribution in [0.15, 0.2) is 18.3 Å². The minimum Gasteiger partial charge on any atom is -0.353 e. The van der Waals surface area contributed by atoms with Gasteiger partial charge in [0.15, 0.2) is 0 Å². The fraction of sp³-hybridized carbons (Fsp3) is 0.500. The normalized spacial score (nSPS) is 28.9. The summed E-state index contributed by atoms with van der Waals surface area (Å²) < 4.78 is 0. The number of fused-ring (bicyclic) bond motifs is 1. The first-order chi connectivity index (χ1) is 8.24. The number of pyridine rings is 1. The second kappa shape index (κ2) is 4.27. The second-order valence-corrected chi connectivity index (χ2v) is 5.02. The van der Waals surface area contributed by atoms with Gasteiger partial charge in [-0.1, -0.05) is 17.7 Å². The molecular weight excluding hydrogens is 238 g/mol. The van der Waals surface area contributed by atoms with Gasteiger partial charge in [0.05, 0.1) is 6.54 Å². The molecule has 4 nitrogen and oxygen atoms in total. The highest BCUT2D eigenvalue weighted by atomic mass is 35.5. The summed E-state index contributed by atoms with van der Waals surface area (Å²) in [6, 6.07) is 4.62. The van der Waals surface area contributed by atoms with E-state index in [0.717, 1.165) is 24.9 Å². The van der Waals surface area contributed by atoms with E-state index in [9.17, 15) is 4.79 Å². The Morgan fingerprint density at radius 3 is 3.06 bits per heavy atom. The van der Waals surface area contributed by atoms with Crippen molar-refractivity contribution in [1.29, 1.82) is 0 Å². The molecule has 0 spiro atoms. The first-order valence-electron chi connectivity index (χ1n) is 5.88. The van der Waals surface area contributed by atoms with Crippen LogP contribution in [0.5, 0.6) is 0 Å². The van der Waals surface area contributed by atoms with Crippen LogP contribution in [0.25, 0.3) is 0 Å². The summed E-state index contributed by atoms with van der Waals surface area (Å²) in [6.45, 7) is 1.27. The molecule has 2 fully saturated rings. The van der Waals surface area contributed by atoms with Gasteiger partial charge < -0.3 is 5.32 Å². The van der Waals surface area contributed by atoms with E-state index in [4.69, 9.17) is 11.6 Å². The van der Waals surface area contributed by atoms with Gasteiger partial charge in [0, 0.05) is 24.8 Å². The van der Waals surface area contributed by atoms with Crippen molar-refractivity contribution in [2.24, 2.45) is 0 Å². The summed E-state index contributed by atoms with van der Waals surface area (Å²) in [5.41, 5.74) is 1.16. The Kier molecular flexibility index (Phi) is 2.76. The zero-order chi connectivity index (χ0) is 11.8. The van der Waals surface area contributed by atoms with Crippen LogP contribution in [-0.4, -0.2) is 34.9 Å². The lowest BCUT2D eigenvalue weighted by molar-refractivity contribution is -0.125. The van der Waals surface area contributed by atoms with Gasteiger partial charge in [0.1, 0.15) is 5.15 Å². The Labute approximate surface area is 105 Å². The topological polar surface area (TPSA) is 45.2 Å². The molecule has 0 bridgehead atoms. The highest BCUT2D eigenvalue weighted by Crippen LogP contribution is 2.36. The highest BCUT2D eigenvalue weighted by Gasteiger charge is 2.38. The maximum absolute atomic E-state index is 11.4. The number of aromatic nitrogens is 1. The first kappa shape index (κ1) is 11.0. The van der Waals surface area contributed by atoms with E-state index in [1.54, 1.807) is 0 Å². The van der Waals surface area contributed by atoms with Gasteiger partial charge in [0.25, 0.3) is 0 Å². The molecule has 2 aliphatic rings. The molecule has 0 saturated carbocycles. The van der Waals surface area contributed by atoms with Gasteiger partial charge >= 0.3 is 0 Å². The van der Waals surface area contributed by atoms with E-state index in [1.807, 2.05) is 18.3 Å². The van der Waals surface area contributed by atoms with Crippen LogP contribution in [0.4, 0.5) is 0 Å². The fourth-order valence-corrected chi connectivity index (χ4v) is 2.90. The van der Waals surface area contributed by atoms with Gasteiger partial charge in [0.2, 0.25) is 5.91 Å². The molecule has 3 heterocycles. The Hall–Kier alpha value is -1.13. The number of nitrogens with zero attached hydrogens (tertiary/aromatic N) is 2. The lowest BCUT2D eigenvalue weighted by atomic mass is 10.1. The van der Waals surface area contributed by atoms with Crippen LogP contribution in [-0.2, 0) is 4.79 Å². The number of hydrogen-bond donors (Lipinski definition) is 1. The molecule has 1 amide bonds. The smallest absolute Gasteiger partial charge is 0.234 e. The molecular formula is C12H14ClN3O. The van der Waals surface area contributed by atoms with E-state index < -0.39 is 0 Å². The largest absolute Gasteiger partial charge is 0.353 e. The van der Waals surface area contributed by atoms with E-state index in [1.165, 1.54) is 0 Å². The number of carbonyl (C=O) groups is 1. The van der Waals surface area contributed by atoms with Crippen molar-refractivity contribution in [2.75, 3.05) is 13.1 Å². The highest BCUT2D eigenvalue weighted by molar-refractivity contribution is 6.29. The molecule has 3 rings (SSSR count). The van der Waals surface area contributed by atoms with Crippen LogP contribution in [0, 0.1) is 0 Å². The summed E-state index contributed by atoms with van der Waals surface area (Å²) in [5, 5.41) is 3.43. The average Bonchev–Trinajstić information content (AvgIpc) is 2.73. The predicted octanol–water partition coefficient (Wildman–Crippen LogP) is 1.37. The van der Waals surface area contributed by atoms with Crippen LogP contribution in [0.2, 0.25) is 5.15 Å². The monoisotopic (exact) mass is 251 g/mol. The maximum Gasteiger partial charge on any atom is 0.234 e. The lowest BCUT2D eigenvalue weighted by Crippen LogP contribution is -2.51. The Morgan fingerprint density at radius 2 is 2.29 bits per heavy atom. The molecule has 0 aliphatic carbocycles. The molecule has 1 aromatic rings. The number of hydrogen-bond acceptors (Lipinski definition) is 3. The van der Waals surface area contributed by atoms with Crippen LogP contribution in [0.3, 0.4) is 0 Å². The van der Waals surface area contributed by atoms with Gasteiger partial charge in [-0.2, -0.15) is 0 Å². The molecule has 2 atom stereocenters. The number of piperazine rings is 1. The lowest BCUT2D eigenvalue weighted by Gasteiger charge is -2.33. The summed E-state index contributed by atoms with van der Waals surface area (Å²) >= 11 is 5.79. The van der Waals surface area contributed by atoms with E-state index in [2.05, 4.69) is 15.2 Å². The minimum absolute atomic E-state index is 0.120. The number of amides is 1. The molecule has 90 valence electrons. The number of rotatable bonds is 1. The van der Waals surface area contributed by atoms with E-state index >= 15 is 0 Å². The molecule has 17 heavy (non-hydrogen) atoms. The van der Waals surface area contributed by atoms with Crippen molar-refractivity contribution in [3.8, 4) is 0 Å². The maximum atomic E-state index is 11.4. The van der Waals surface area contributed by atoms with Gasteiger partial charge in [-0.3, -0.25) is 9.69 Å². The number of nitrogens with one attached hydrogen (secondary N) is 1. The SMILES string of the molecule is O=C1CN2C(c3ccc(Cl)nc3)CC[C@H]2CN1. The zero-order valence-electron chi connectivity index (χ0n) is 9.40. The van der Waals surface area contributed by atoms with Crippen molar-refractivity contribution in [3.63, 3.8) is 0 Å². The summed E-state index contributed by atoms with van der Waals surface area (Å²) in [5.74, 6) is 0.120. The zero-order valence-corrected chi connectivity index (χ0v) is 10.2. The molecule has 2 saturated heterocycles. The number of carbonyl (C=O) groups excluding carboxylic acids is 1. The molecule has 0 aromatic carbocycles. The van der Waals surface area contributed by atoms with Crippen LogP contribution >= 0.6 is 11.6 Å². The quantitative estimate of drug-likeness (QED) is 0.767. The van der Waals surface area contributed by atoms with E-state index in [0.29, 0.717) is 23.8 Å². The van der Waals surface area contributed by atoms with Gasteiger partial charge in [-0.15, -0.1) is 0 Å². The summed E-state index contributed by atoms with van der Waals surface area (Å²) in [6.07, 6.45) is 4.04. The molecule has 2 aliphatic heterocycles. The molecule has 1 N–H and O–H groups in total. The molecule has 0 radical (unpaired) electrons. The Morgan fingerprint density at radius 1 is 1.41 bits per heavy atom. The predicted molar refractivity (Wildman–Crippen MR) is 64.7 cm³/mol. The van der Waals surface area contributed by atoms with Crippen LogP contribution in [0.1, 0.15) is 24.4 Å². The molecule has 1 unspecified atom stereocenters. The summed E-state index contributed by atoms with van der Waals surface area (Å²) in [7, 11) is 0. The van der Waals surface area contributed by atoms with E-state index in [-0.39, 0.29) is 5.91 Å². The fourth-order valence-electron chi connectivity index (χ4n) is 2.79. The third kappa shape index (κ3) is 2.03.